The van der Waals surface area contributed by atoms with Gasteiger partial charge in [-0.1, -0.05) is 12.1 Å². The van der Waals surface area contributed by atoms with E-state index in [1.165, 1.54) is 19.2 Å². The minimum absolute atomic E-state index is 0.120. The molecular weight excluding hydrogens is 440 g/mol. The summed E-state index contributed by atoms with van der Waals surface area (Å²) in [5.41, 5.74) is -0.873. The third kappa shape index (κ3) is 5.62. The zero-order valence-electron chi connectivity index (χ0n) is 19.0. The molecule has 1 heterocycles. The number of nitrogens with one attached hydrogen (secondary N) is 1. The second-order valence-corrected chi connectivity index (χ2v) is 7.86. The number of halogens is 4. The number of hydrogen-bond acceptors (Lipinski definition) is 6. The lowest BCUT2D eigenvalue weighted by atomic mass is 10.0. The molecule has 0 radical (unpaired) electrons. The Morgan fingerprint density at radius 1 is 1.12 bits per heavy atom. The summed E-state index contributed by atoms with van der Waals surface area (Å²) in [4.78, 5) is 10.8. The Hall–Kier alpha value is -3.14. The zero-order valence-corrected chi connectivity index (χ0v) is 19.0. The van der Waals surface area contributed by atoms with Crippen LogP contribution in [0, 0.1) is 12.7 Å². The molecule has 3 aromatic rings. The van der Waals surface area contributed by atoms with Gasteiger partial charge in [0.2, 0.25) is 0 Å². The van der Waals surface area contributed by atoms with E-state index in [9.17, 15) is 17.6 Å². The maximum atomic E-state index is 14.6. The Labute approximate surface area is 189 Å². The van der Waals surface area contributed by atoms with E-state index in [4.69, 9.17) is 9.47 Å². The number of fused-ring (bicyclic) bond motifs is 1. The fourth-order valence-electron chi connectivity index (χ4n) is 3.36. The number of likely N-dealkylation sites (N-methyl/N-ethyl adjacent to an activating group) is 1. The van der Waals surface area contributed by atoms with Crippen LogP contribution >= 0.6 is 0 Å². The number of methoxy groups -OCH3 is 1. The first-order valence-corrected chi connectivity index (χ1v) is 10.3. The molecule has 33 heavy (non-hydrogen) atoms. The van der Waals surface area contributed by atoms with Crippen molar-refractivity contribution < 1.29 is 27.0 Å². The first-order chi connectivity index (χ1) is 15.5. The van der Waals surface area contributed by atoms with E-state index in [1.807, 2.05) is 19.0 Å². The van der Waals surface area contributed by atoms with Crippen molar-refractivity contribution in [1.82, 2.24) is 14.9 Å². The minimum Gasteiger partial charge on any atom is -0.493 e. The summed E-state index contributed by atoms with van der Waals surface area (Å²) in [6, 6.07) is 5.84. The van der Waals surface area contributed by atoms with E-state index in [-0.39, 0.29) is 5.56 Å². The molecule has 0 amide bonds. The number of anilines is 1. The Bertz CT molecular complexity index is 1140. The predicted octanol–water partition coefficient (Wildman–Crippen LogP) is 5.22. The zero-order chi connectivity index (χ0) is 24.3. The molecule has 0 saturated carbocycles. The van der Waals surface area contributed by atoms with Crippen molar-refractivity contribution in [3.63, 3.8) is 0 Å². The van der Waals surface area contributed by atoms with Crippen LogP contribution in [0.5, 0.6) is 11.5 Å². The molecule has 0 spiro atoms. The molecule has 0 fully saturated rings. The Kier molecular flexibility index (Phi) is 7.26. The van der Waals surface area contributed by atoms with E-state index in [0.717, 1.165) is 6.07 Å². The number of benzene rings is 2. The smallest absolute Gasteiger partial charge is 0.419 e. The average Bonchev–Trinajstić information content (AvgIpc) is 2.72. The number of alkyl halides is 3. The molecular formula is C23H26F4N4O2. The summed E-state index contributed by atoms with van der Waals surface area (Å²) in [5.74, 6) is 0.434. The van der Waals surface area contributed by atoms with Crippen molar-refractivity contribution in [3.8, 4) is 11.5 Å². The highest BCUT2D eigenvalue weighted by Crippen LogP contribution is 2.37. The standard InChI is InChI=1S/C23H26F4N4O2/c1-13(15-7-6-8-17(21(15)24)23(25,26)27)28-22-16-11-20(33-10-9-31(3)4)19(32-5)12-18(16)29-14(2)30-22/h6-8,11-13H,9-10H2,1-5H3,(H,28,29,30)/t13-/m1/s1. The molecule has 0 aliphatic rings. The van der Waals surface area contributed by atoms with Crippen LogP contribution in [0.1, 0.15) is 29.9 Å². The summed E-state index contributed by atoms with van der Waals surface area (Å²) >= 11 is 0. The van der Waals surface area contributed by atoms with Crippen LogP contribution in [0.2, 0.25) is 0 Å². The van der Waals surface area contributed by atoms with Gasteiger partial charge in [0.15, 0.2) is 11.5 Å². The third-order valence-corrected chi connectivity index (χ3v) is 5.04. The molecule has 0 bridgehead atoms. The highest BCUT2D eigenvalue weighted by Gasteiger charge is 2.35. The van der Waals surface area contributed by atoms with Crippen molar-refractivity contribution in [3.05, 3.63) is 53.1 Å². The van der Waals surface area contributed by atoms with Crippen LogP contribution in [0.25, 0.3) is 10.9 Å². The summed E-state index contributed by atoms with van der Waals surface area (Å²) in [6.45, 7) is 4.35. The molecule has 178 valence electrons. The van der Waals surface area contributed by atoms with Gasteiger partial charge in [0, 0.05) is 23.6 Å². The van der Waals surface area contributed by atoms with Crippen LogP contribution in [-0.4, -0.2) is 49.2 Å². The van der Waals surface area contributed by atoms with Crippen LogP contribution < -0.4 is 14.8 Å². The fourth-order valence-corrected chi connectivity index (χ4v) is 3.36. The normalized spacial score (nSPS) is 12.8. The quantitative estimate of drug-likeness (QED) is 0.460. The molecule has 6 nitrogen and oxygen atoms in total. The van der Waals surface area contributed by atoms with E-state index in [0.29, 0.717) is 47.2 Å². The van der Waals surface area contributed by atoms with Gasteiger partial charge in [0.1, 0.15) is 24.1 Å². The number of rotatable bonds is 8. The van der Waals surface area contributed by atoms with E-state index in [2.05, 4.69) is 15.3 Å². The van der Waals surface area contributed by atoms with E-state index >= 15 is 0 Å². The Balaban J connectivity index is 2.00. The number of ether oxygens (including phenoxy) is 2. The average molecular weight is 466 g/mol. The second kappa shape index (κ2) is 9.78. The number of hydrogen-bond donors (Lipinski definition) is 1. The highest BCUT2D eigenvalue weighted by molar-refractivity contribution is 5.92. The number of aryl methyl sites for hydroxylation is 1. The monoisotopic (exact) mass is 466 g/mol. The largest absolute Gasteiger partial charge is 0.493 e. The topological polar surface area (TPSA) is 59.5 Å². The van der Waals surface area contributed by atoms with E-state index in [1.54, 1.807) is 26.0 Å². The molecule has 0 aliphatic heterocycles. The third-order valence-electron chi connectivity index (χ3n) is 5.04. The fraction of sp³-hybridized carbons (Fsp3) is 0.391. The lowest BCUT2D eigenvalue weighted by molar-refractivity contribution is -0.140. The molecule has 2 aromatic carbocycles. The van der Waals surface area contributed by atoms with Gasteiger partial charge in [-0.15, -0.1) is 0 Å². The predicted molar refractivity (Wildman–Crippen MR) is 118 cm³/mol. The first-order valence-electron chi connectivity index (χ1n) is 10.3. The Morgan fingerprint density at radius 3 is 2.48 bits per heavy atom. The van der Waals surface area contributed by atoms with Crippen LogP contribution in [0.4, 0.5) is 23.4 Å². The summed E-state index contributed by atoms with van der Waals surface area (Å²) in [7, 11) is 5.37. The summed E-state index contributed by atoms with van der Waals surface area (Å²) in [6.07, 6.45) is -4.78. The molecule has 1 atom stereocenters. The van der Waals surface area contributed by atoms with Crippen molar-refractivity contribution in [2.24, 2.45) is 0 Å². The van der Waals surface area contributed by atoms with Crippen molar-refractivity contribution >= 4 is 16.7 Å². The maximum absolute atomic E-state index is 14.6. The Morgan fingerprint density at radius 2 is 1.85 bits per heavy atom. The van der Waals surface area contributed by atoms with Crippen LogP contribution in [-0.2, 0) is 6.18 Å². The minimum atomic E-state index is -4.78. The van der Waals surface area contributed by atoms with Crippen molar-refractivity contribution in [2.45, 2.75) is 26.1 Å². The van der Waals surface area contributed by atoms with Gasteiger partial charge >= 0.3 is 6.18 Å². The van der Waals surface area contributed by atoms with Gasteiger partial charge in [-0.05, 0) is 40.1 Å². The summed E-state index contributed by atoms with van der Waals surface area (Å²) < 4.78 is 65.3. The van der Waals surface area contributed by atoms with Gasteiger partial charge in [0.25, 0.3) is 0 Å². The number of aromatic nitrogens is 2. The summed E-state index contributed by atoms with van der Waals surface area (Å²) in [5, 5.41) is 3.61. The molecule has 0 unspecified atom stereocenters. The van der Waals surface area contributed by atoms with Gasteiger partial charge in [-0.2, -0.15) is 13.2 Å². The molecule has 0 aliphatic carbocycles. The first kappa shape index (κ1) is 24.5. The van der Waals surface area contributed by atoms with Gasteiger partial charge < -0.3 is 19.7 Å². The number of nitrogens with zero attached hydrogens (tertiary/aromatic N) is 3. The molecule has 1 aromatic heterocycles. The highest BCUT2D eigenvalue weighted by atomic mass is 19.4. The SMILES string of the molecule is COc1cc2nc(C)nc(N[C@H](C)c3cccc(C(F)(F)F)c3F)c2cc1OCCN(C)C. The molecule has 1 N–H and O–H groups in total. The van der Waals surface area contributed by atoms with Crippen molar-refractivity contribution in [1.29, 1.82) is 0 Å². The van der Waals surface area contributed by atoms with Gasteiger partial charge in [-0.25, -0.2) is 14.4 Å². The molecule has 0 saturated heterocycles. The van der Waals surface area contributed by atoms with Crippen LogP contribution in [0.3, 0.4) is 0 Å². The molecule has 10 heteroatoms. The second-order valence-electron chi connectivity index (χ2n) is 7.86. The van der Waals surface area contributed by atoms with Gasteiger partial charge in [0.05, 0.1) is 24.2 Å². The van der Waals surface area contributed by atoms with Crippen LogP contribution in [0.15, 0.2) is 30.3 Å². The lowest BCUT2D eigenvalue weighted by Crippen LogP contribution is -2.19. The van der Waals surface area contributed by atoms with E-state index < -0.39 is 23.6 Å². The maximum Gasteiger partial charge on any atom is 0.419 e. The van der Waals surface area contributed by atoms with Gasteiger partial charge in [-0.3, -0.25) is 0 Å². The van der Waals surface area contributed by atoms with Crippen molar-refractivity contribution in [2.75, 3.05) is 39.7 Å². The lowest BCUT2D eigenvalue weighted by Gasteiger charge is -2.20. The molecule has 3 rings (SSSR count).